The molecular formula is C19H22O6. The van der Waals surface area contributed by atoms with E-state index >= 15 is 0 Å². The Labute approximate surface area is 147 Å². The fraction of sp³-hybridized carbons (Fsp3) is 0.316. The van der Waals surface area contributed by atoms with E-state index in [0.29, 0.717) is 34.1 Å². The fourth-order valence-corrected chi connectivity index (χ4v) is 2.67. The van der Waals surface area contributed by atoms with Gasteiger partial charge in [-0.3, -0.25) is 4.79 Å². The lowest BCUT2D eigenvalue weighted by Gasteiger charge is -2.21. The molecule has 0 amide bonds. The summed E-state index contributed by atoms with van der Waals surface area (Å²) >= 11 is 0. The van der Waals surface area contributed by atoms with Gasteiger partial charge < -0.3 is 23.7 Å². The van der Waals surface area contributed by atoms with Gasteiger partial charge in [-0.25, -0.2) is 0 Å². The summed E-state index contributed by atoms with van der Waals surface area (Å²) in [6.07, 6.45) is 0. The van der Waals surface area contributed by atoms with Crippen molar-refractivity contribution in [2.45, 2.75) is 5.92 Å². The third-order valence-electron chi connectivity index (χ3n) is 3.93. The van der Waals surface area contributed by atoms with Crippen LogP contribution in [0.2, 0.25) is 0 Å². The zero-order valence-electron chi connectivity index (χ0n) is 15.0. The molecule has 2 rings (SSSR count). The molecule has 2 aromatic rings. The first kappa shape index (κ1) is 18.4. The minimum Gasteiger partial charge on any atom is -0.497 e. The number of carbonyl (C=O) groups is 1. The highest BCUT2D eigenvalue weighted by Crippen LogP contribution is 2.40. The Morgan fingerprint density at radius 1 is 0.720 bits per heavy atom. The molecule has 0 unspecified atom stereocenters. The van der Waals surface area contributed by atoms with Gasteiger partial charge in [-0.2, -0.15) is 0 Å². The molecule has 0 radical (unpaired) electrons. The number of ether oxygens (including phenoxy) is 5. The van der Waals surface area contributed by atoms with Crippen molar-refractivity contribution in [1.29, 1.82) is 0 Å². The van der Waals surface area contributed by atoms with E-state index in [1.807, 2.05) is 0 Å². The summed E-state index contributed by atoms with van der Waals surface area (Å²) in [7, 11) is 7.55. The number of hydrogen-bond acceptors (Lipinski definition) is 6. The van der Waals surface area contributed by atoms with E-state index in [0.717, 1.165) is 0 Å². The second kappa shape index (κ2) is 8.28. The van der Waals surface area contributed by atoms with Crippen molar-refractivity contribution in [3.05, 3.63) is 47.5 Å². The topological polar surface area (TPSA) is 63.2 Å². The van der Waals surface area contributed by atoms with Crippen LogP contribution in [0, 0.1) is 0 Å². The summed E-state index contributed by atoms with van der Waals surface area (Å²) in [4.78, 5) is 12.6. The molecule has 0 aliphatic carbocycles. The van der Waals surface area contributed by atoms with Gasteiger partial charge in [0.15, 0.2) is 0 Å². The molecule has 0 atom stereocenters. The Morgan fingerprint density at radius 2 is 1.16 bits per heavy atom. The molecule has 6 nitrogen and oxygen atoms in total. The molecule has 0 bridgehead atoms. The molecule has 0 fully saturated rings. The molecular weight excluding hydrogens is 324 g/mol. The summed E-state index contributed by atoms with van der Waals surface area (Å²) in [5.74, 6) is 1.08. The van der Waals surface area contributed by atoms with Gasteiger partial charge in [-0.1, -0.05) is 0 Å². The summed E-state index contributed by atoms with van der Waals surface area (Å²) in [6.45, 7) is 0. The van der Waals surface area contributed by atoms with Gasteiger partial charge in [0.2, 0.25) is 0 Å². The molecule has 6 heteroatoms. The van der Waals surface area contributed by atoms with Crippen molar-refractivity contribution in [2.75, 3.05) is 35.5 Å². The first-order valence-electron chi connectivity index (χ1n) is 7.61. The predicted molar refractivity (Wildman–Crippen MR) is 93.0 cm³/mol. The van der Waals surface area contributed by atoms with Crippen molar-refractivity contribution in [3.8, 4) is 23.0 Å². The quantitative estimate of drug-likeness (QED) is 0.718. The van der Waals surface area contributed by atoms with Crippen LogP contribution < -0.4 is 18.9 Å². The lowest BCUT2D eigenvalue weighted by Crippen LogP contribution is -2.17. The van der Waals surface area contributed by atoms with Crippen LogP contribution in [-0.2, 0) is 9.53 Å². The lowest BCUT2D eigenvalue weighted by atomic mass is 9.89. The van der Waals surface area contributed by atoms with Crippen molar-refractivity contribution in [3.63, 3.8) is 0 Å². The number of methoxy groups -OCH3 is 5. The first-order chi connectivity index (χ1) is 12.1. The van der Waals surface area contributed by atoms with Gasteiger partial charge in [-0.15, -0.1) is 0 Å². The molecule has 0 aliphatic rings. The zero-order chi connectivity index (χ0) is 18.4. The van der Waals surface area contributed by atoms with Crippen LogP contribution in [-0.4, -0.2) is 41.5 Å². The molecule has 0 N–H and O–H groups in total. The van der Waals surface area contributed by atoms with Crippen molar-refractivity contribution >= 4 is 5.97 Å². The van der Waals surface area contributed by atoms with E-state index in [1.165, 1.54) is 7.11 Å². The second-order valence-electron chi connectivity index (χ2n) is 5.17. The summed E-state index contributed by atoms with van der Waals surface area (Å²) < 4.78 is 26.5. The highest BCUT2D eigenvalue weighted by molar-refractivity contribution is 5.84. The molecule has 134 valence electrons. The first-order valence-corrected chi connectivity index (χ1v) is 7.61. The molecule has 0 saturated heterocycles. The van der Waals surface area contributed by atoms with Crippen LogP contribution >= 0.6 is 0 Å². The minimum atomic E-state index is -0.764. The Bertz CT molecular complexity index is 685. The minimum absolute atomic E-state index is 0.446. The van der Waals surface area contributed by atoms with Crippen molar-refractivity contribution < 1.29 is 28.5 Å². The number of esters is 1. The predicted octanol–water partition coefficient (Wildman–Crippen LogP) is 3.03. The molecule has 2 aromatic carbocycles. The van der Waals surface area contributed by atoms with Crippen LogP contribution in [0.3, 0.4) is 0 Å². The lowest BCUT2D eigenvalue weighted by molar-refractivity contribution is -0.141. The molecule has 25 heavy (non-hydrogen) atoms. The largest absolute Gasteiger partial charge is 0.497 e. The van der Waals surface area contributed by atoms with E-state index in [4.69, 9.17) is 23.7 Å². The van der Waals surface area contributed by atoms with Gasteiger partial charge in [0.05, 0.1) is 35.5 Å². The van der Waals surface area contributed by atoms with E-state index < -0.39 is 11.9 Å². The smallest absolute Gasteiger partial charge is 0.317 e. The summed E-state index contributed by atoms with van der Waals surface area (Å²) in [6, 6.07) is 10.5. The van der Waals surface area contributed by atoms with Crippen LogP contribution in [0.15, 0.2) is 36.4 Å². The van der Waals surface area contributed by atoms with Gasteiger partial charge in [0.1, 0.15) is 28.9 Å². The normalized spacial score (nSPS) is 10.3. The van der Waals surface area contributed by atoms with Gasteiger partial charge in [-0.05, 0) is 36.4 Å². The average Bonchev–Trinajstić information content (AvgIpc) is 2.67. The Kier molecular flexibility index (Phi) is 6.11. The fourth-order valence-electron chi connectivity index (χ4n) is 2.67. The average molecular weight is 346 g/mol. The maximum Gasteiger partial charge on any atom is 0.317 e. The van der Waals surface area contributed by atoms with Gasteiger partial charge >= 0.3 is 5.97 Å². The van der Waals surface area contributed by atoms with Crippen LogP contribution in [0.5, 0.6) is 23.0 Å². The van der Waals surface area contributed by atoms with Crippen LogP contribution in [0.1, 0.15) is 17.0 Å². The van der Waals surface area contributed by atoms with E-state index in [1.54, 1.807) is 64.8 Å². The van der Waals surface area contributed by atoms with Gasteiger partial charge in [0, 0.05) is 11.1 Å². The zero-order valence-corrected chi connectivity index (χ0v) is 15.0. The highest BCUT2D eigenvalue weighted by atomic mass is 16.5. The molecule has 0 heterocycles. The van der Waals surface area contributed by atoms with E-state index in [2.05, 4.69) is 0 Å². The van der Waals surface area contributed by atoms with Crippen LogP contribution in [0.4, 0.5) is 0 Å². The standard InChI is InChI=1S/C19H22O6/c1-21-12-6-8-16(23-3)14(10-12)18(19(20)25-5)15-11-13(22-2)7-9-17(15)24-4/h6-11,18H,1-5H3. The van der Waals surface area contributed by atoms with E-state index in [-0.39, 0.29) is 0 Å². The SMILES string of the molecule is COC(=O)C(c1cc(OC)ccc1OC)c1cc(OC)ccc1OC. The Balaban J connectivity index is 2.72. The van der Waals surface area contributed by atoms with Crippen molar-refractivity contribution in [1.82, 2.24) is 0 Å². The molecule has 0 aliphatic heterocycles. The maximum atomic E-state index is 12.6. The number of carbonyl (C=O) groups excluding carboxylic acids is 1. The maximum absolute atomic E-state index is 12.6. The molecule has 0 saturated carbocycles. The number of benzene rings is 2. The third-order valence-corrected chi connectivity index (χ3v) is 3.93. The Morgan fingerprint density at radius 3 is 1.48 bits per heavy atom. The summed E-state index contributed by atoms with van der Waals surface area (Å²) in [5.41, 5.74) is 1.22. The Hall–Kier alpha value is -2.89. The highest BCUT2D eigenvalue weighted by Gasteiger charge is 2.30. The van der Waals surface area contributed by atoms with Crippen molar-refractivity contribution in [2.24, 2.45) is 0 Å². The second-order valence-corrected chi connectivity index (χ2v) is 5.17. The monoisotopic (exact) mass is 346 g/mol. The van der Waals surface area contributed by atoms with Gasteiger partial charge in [0.25, 0.3) is 0 Å². The van der Waals surface area contributed by atoms with E-state index in [9.17, 15) is 4.79 Å². The molecule has 0 spiro atoms. The van der Waals surface area contributed by atoms with Crippen LogP contribution in [0.25, 0.3) is 0 Å². The molecule has 0 aromatic heterocycles. The number of hydrogen-bond donors (Lipinski definition) is 0. The summed E-state index contributed by atoms with van der Waals surface area (Å²) in [5, 5.41) is 0. The number of rotatable bonds is 7. The third kappa shape index (κ3) is 3.79.